The van der Waals surface area contributed by atoms with E-state index >= 15 is 0 Å². The van der Waals surface area contributed by atoms with Crippen molar-refractivity contribution in [2.45, 2.75) is 38.1 Å². The molecule has 26 heavy (non-hydrogen) atoms. The van der Waals surface area contributed by atoms with Gasteiger partial charge < -0.3 is 14.8 Å². The maximum Gasteiger partial charge on any atom is 0.586 e. The molecule has 2 aromatic rings. The first-order valence-electron chi connectivity index (χ1n) is 9.01. The number of piperidine rings is 1. The molecule has 0 saturated carbocycles. The number of alkyl halides is 2. The molecule has 0 amide bonds. The predicted octanol–water partition coefficient (Wildman–Crippen LogP) is 2.51. The van der Waals surface area contributed by atoms with E-state index in [9.17, 15) is 8.78 Å². The molecule has 8 heteroatoms. The number of nitrogens with zero attached hydrogens (tertiary/aromatic N) is 2. The van der Waals surface area contributed by atoms with Gasteiger partial charge in [0.25, 0.3) is 0 Å². The number of fused-ring (bicyclic) bond motifs is 2. The SMILES string of the molecule is FC1(F)Oc2cccc(-c3n[nH]c4c3CN([C@H]3CCCNC3)CC4)c2O1. The van der Waals surface area contributed by atoms with Crippen molar-refractivity contribution in [3.05, 3.63) is 29.5 Å². The Bertz CT molecular complexity index is 833. The molecule has 4 heterocycles. The summed E-state index contributed by atoms with van der Waals surface area (Å²) in [7, 11) is 0. The molecule has 3 aliphatic heterocycles. The molecule has 6 nitrogen and oxygen atoms in total. The third kappa shape index (κ3) is 2.64. The molecule has 0 radical (unpaired) electrons. The van der Waals surface area contributed by atoms with Crippen molar-refractivity contribution in [1.29, 1.82) is 0 Å². The summed E-state index contributed by atoms with van der Waals surface area (Å²) in [4.78, 5) is 2.46. The molecule has 0 unspecified atom stereocenters. The van der Waals surface area contributed by atoms with Gasteiger partial charge in [-0.2, -0.15) is 5.10 Å². The zero-order valence-electron chi connectivity index (χ0n) is 14.2. The second kappa shape index (κ2) is 5.92. The lowest BCUT2D eigenvalue weighted by molar-refractivity contribution is -0.286. The number of ether oxygens (including phenoxy) is 2. The number of halogens is 2. The first-order valence-corrected chi connectivity index (χ1v) is 9.01. The Morgan fingerprint density at radius 1 is 1.27 bits per heavy atom. The highest BCUT2D eigenvalue weighted by Crippen LogP contribution is 2.47. The van der Waals surface area contributed by atoms with Crippen LogP contribution in [-0.2, 0) is 13.0 Å². The highest BCUT2D eigenvalue weighted by atomic mass is 19.3. The molecule has 1 fully saturated rings. The molecule has 0 bridgehead atoms. The fourth-order valence-corrected chi connectivity index (χ4v) is 4.15. The van der Waals surface area contributed by atoms with Crippen molar-refractivity contribution in [2.75, 3.05) is 19.6 Å². The zero-order chi connectivity index (χ0) is 17.7. The second-order valence-electron chi connectivity index (χ2n) is 7.05. The van der Waals surface area contributed by atoms with Gasteiger partial charge in [0.2, 0.25) is 0 Å². The number of aromatic nitrogens is 2. The van der Waals surface area contributed by atoms with Gasteiger partial charge in [0.15, 0.2) is 11.5 Å². The molecule has 1 saturated heterocycles. The molecule has 138 valence electrons. The van der Waals surface area contributed by atoms with E-state index in [-0.39, 0.29) is 11.5 Å². The van der Waals surface area contributed by atoms with Crippen LogP contribution in [0.2, 0.25) is 0 Å². The van der Waals surface area contributed by atoms with Gasteiger partial charge in [-0.3, -0.25) is 10.00 Å². The molecule has 0 aliphatic carbocycles. The Hall–Kier alpha value is -2.19. The lowest BCUT2D eigenvalue weighted by Gasteiger charge is -2.37. The van der Waals surface area contributed by atoms with Gasteiger partial charge in [-0.25, -0.2) is 0 Å². The summed E-state index contributed by atoms with van der Waals surface area (Å²) >= 11 is 0. The van der Waals surface area contributed by atoms with Gasteiger partial charge in [-0.05, 0) is 31.5 Å². The van der Waals surface area contributed by atoms with E-state index in [0.717, 1.165) is 43.9 Å². The van der Waals surface area contributed by atoms with Gasteiger partial charge >= 0.3 is 6.29 Å². The highest BCUT2D eigenvalue weighted by molar-refractivity contribution is 5.74. The van der Waals surface area contributed by atoms with Crippen LogP contribution in [0.1, 0.15) is 24.1 Å². The largest absolute Gasteiger partial charge is 0.586 e. The predicted molar refractivity (Wildman–Crippen MR) is 90.2 cm³/mol. The van der Waals surface area contributed by atoms with Crippen LogP contribution in [0.3, 0.4) is 0 Å². The lowest BCUT2D eigenvalue weighted by atomic mass is 9.97. The average molecular weight is 362 g/mol. The van der Waals surface area contributed by atoms with Crippen molar-refractivity contribution in [1.82, 2.24) is 20.4 Å². The molecular formula is C18H20F2N4O2. The highest BCUT2D eigenvalue weighted by Gasteiger charge is 2.45. The van der Waals surface area contributed by atoms with Crippen molar-refractivity contribution >= 4 is 0 Å². The average Bonchev–Trinajstić information content (AvgIpc) is 3.20. The minimum absolute atomic E-state index is 0.0494. The number of hydrogen-bond acceptors (Lipinski definition) is 5. The van der Waals surface area contributed by atoms with E-state index in [1.807, 2.05) is 0 Å². The van der Waals surface area contributed by atoms with Crippen molar-refractivity contribution in [2.24, 2.45) is 0 Å². The summed E-state index contributed by atoms with van der Waals surface area (Å²) in [6, 6.07) is 5.43. The third-order valence-corrected chi connectivity index (χ3v) is 5.43. The number of benzene rings is 1. The van der Waals surface area contributed by atoms with E-state index in [0.29, 0.717) is 17.3 Å². The topological polar surface area (TPSA) is 62.4 Å². The molecule has 2 N–H and O–H groups in total. The Morgan fingerprint density at radius 2 is 2.19 bits per heavy atom. The molecule has 1 atom stereocenters. The molecular weight excluding hydrogens is 342 g/mol. The minimum Gasteiger partial charge on any atom is -0.395 e. The Morgan fingerprint density at radius 3 is 3.04 bits per heavy atom. The molecule has 5 rings (SSSR count). The van der Waals surface area contributed by atoms with Crippen LogP contribution in [0, 0.1) is 0 Å². The van der Waals surface area contributed by atoms with Gasteiger partial charge in [0, 0.05) is 48.9 Å². The molecule has 1 aromatic heterocycles. The number of hydrogen-bond donors (Lipinski definition) is 2. The van der Waals surface area contributed by atoms with E-state index < -0.39 is 6.29 Å². The third-order valence-electron chi connectivity index (χ3n) is 5.43. The normalized spacial score (nSPS) is 24.5. The van der Waals surface area contributed by atoms with Crippen molar-refractivity contribution in [3.63, 3.8) is 0 Å². The zero-order valence-corrected chi connectivity index (χ0v) is 14.2. The van der Waals surface area contributed by atoms with Crippen molar-refractivity contribution in [3.8, 4) is 22.8 Å². The van der Waals surface area contributed by atoms with Crippen LogP contribution in [-0.4, -0.2) is 47.1 Å². The van der Waals surface area contributed by atoms with Gasteiger partial charge in [0.1, 0.15) is 5.69 Å². The summed E-state index contributed by atoms with van der Waals surface area (Å²) in [5, 5.41) is 11.0. The van der Waals surface area contributed by atoms with Gasteiger partial charge in [-0.1, -0.05) is 6.07 Å². The summed E-state index contributed by atoms with van der Waals surface area (Å²) in [5.74, 6) is 0.108. The maximum absolute atomic E-state index is 13.5. The summed E-state index contributed by atoms with van der Waals surface area (Å²) < 4.78 is 36.4. The summed E-state index contributed by atoms with van der Waals surface area (Å²) in [6.07, 6.45) is -0.395. The van der Waals surface area contributed by atoms with Gasteiger partial charge in [-0.15, -0.1) is 8.78 Å². The summed E-state index contributed by atoms with van der Waals surface area (Å²) in [6.45, 7) is 3.81. The van der Waals surface area contributed by atoms with Gasteiger partial charge in [0.05, 0.1) is 0 Å². The number of aromatic amines is 1. The van der Waals surface area contributed by atoms with E-state index in [1.165, 1.54) is 18.9 Å². The lowest BCUT2D eigenvalue weighted by Crippen LogP contribution is -2.47. The van der Waals surface area contributed by atoms with Crippen LogP contribution >= 0.6 is 0 Å². The van der Waals surface area contributed by atoms with Crippen LogP contribution in [0.5, 0.6) is 11.5 Å². The fourth-order valence-electron chi connectivity index (χ4n) is 4.15. The van der Waals surface area contributed by atoms with Crippen LogP contribution in [0.15, 0.2) is 18.2 Å². The summed E-state index contributed by atoms with van der Waals surface area (Å²) in [5.41, 5.74) is 3.35. The standard InChI is InChI=1S/C18H20F2N4O2/c19-18(20)25-15-5-1-4-12(17(15)26-18)16-13-10-24(8-6-14(13)22-23-16)11-3-2-7-21-9-11/h1,4-5,11,21H,2-3,6-10H2,(H,22,23)/t11-/m0/s1. The minimum atomic E-state index is -3.63. The molecule has 3 aliphatic rings. The van der Waals surface area contributed by atoms with Crippen molar-refractivity contribution < 1.29 is 18.3 Å². The van der Waals surface area contributed by atoms with E-state index in [1.54, 1.807) is 12.1 Å². The quantitative estimate of drug-likeness (QED) is 0.860. The Labute approximate surface area is 149 Å². The number of para-hydroxylation sites is 1. The Kier molecular flexibility index (Phi) is 3.65. The number of rotatable bonds is 2. The maximum atomic E-state index is 13.5. The first kappa shape index (κ1) is 16.0. The second-order valence-corrected chi connectivity index (χ2v) is 7.05. The van der Waals surface area contributed by atoms with Crippen LogP contribution in [0.4, 0.5) is 8.78 Å². The first-order chi connectivity index (χ1) is 12.6. The van der Waals surface area contributed by atoms with Crippen LogP contribution < -0.4 is 14.8 Å². The number of nitrogens with one attached hydrogen (secondary N) is 2. The monoisotopic (exact) mass is 362 g/mol. The molecule has 0 spiro atoms. The van der Waals surface area contributed by atoms with E-state index in [2.05, 4.69) is 25.2 Å². The fraction of sp³-hybridized carbons (Fsp3) is 0.500. The number of H-pyrrole nitrogens is 1. The Balaban J connectivity index is 1.49. The van der Waals surface area contributed by atoms with E-state index in [4.69, 9.17) is 4.74 Å². The smallest absolute Gasteiger partial charge is 0.395 e. The molecule has 1 aromatic carbocycles. The van der Waals surface area contributed by atoms with Crippen LogP contribution in [0.25, 0.3) is 11.3 Å².